The highest BCUT2D eigenvalue weighted by Crippen LogP contribution is 2.25. The fraction of sp³-hybridized carbons (Fsp3) is 0.368. The topological polar surface area (TPSA) is 29.3 Å². The van der Waals surface area contributed by atoms with E-state index in [0.717, 1.165) is 18.8 Å². The van der Waals surface area contributed by atoms with E-state index in [0.29, 0.717) is 0 Å². The predicted octanol–water partition coefficient (Wildman–Crippen LogP) is 3.99. The Morgan fingerprint density at radius 1 is 1.05 bits per heavy atom. The molecule has 0 heterocycles. The SMILES string of the molecule is Cc1cccc(CN(C)CC(C)(C)c2ccc(N)cc2)c1. The van der Waals surface area contributed by atoms with Gasteiger partial charge in [0.2, 0.25) is 0 Å². The van der Waals surface area contributed by atoms with Crippen LogP contribution in [0.5, 0.6) is 0 Å². The molecular formula is C19H26N2. The summed E-state index contributed by atoms with van der Waals surface area (Å²) in [6.45, 7) is 8.68. The molecule has 0 spiro atoms. The van der Waals surface area contributed by atoms with Gasteiger partial charge in [0.05, 0.1) is 0 Å². The average molecular weight is 282 g/mol. The minimum absolute atomic E-state index is 0.103. The molecule has 0 saturated carbocycles. The maximum Gasteiger partial charge on any atom is 0.0314 e. The molecule has 2 aromatic carbocycles. The number of aryl methyl sites for hydroxylation is 1. The molecule has 21 heavy (non-hydrogen) atoms. The molecule has 2 N–H and O–H groups in total. The second-order valence-corrected chi connectivity index (χ2v) is 6.67. The van der Waals surface area contributed by atoms with Crippen LogP contribution in [-0.2, 0) is 12.0 Å². The van der Waals surface area contributed by atoms with Gasteiger partial charge in [0.15, 0.2) is 0 Å². The van der Waals surface area contributed by atoms with Crippen LogP contribution in [0.1, 0.15) is 30.5 Å². The molecule has 0 unspecified atom stereocenters. The van der Waals surface area contributed by atoms with Gasteiger partial charge in [-0.05, 0) is 37.2 Å². The molecule has 2 heteroatoms. The second-order valence-electron chi connectivity index (χ2n) is 6.67. The molecule has 0 radical (unpaired) electrons. The number of anilines is 1. The van der Waals surface area contributed by atoms with Crippen LogP contribution in [-0.4, -0.2) is 18.5 Å². The number of nitrogens with zero attached hydrogens (tertiary/aromatic N) is 1. The van der Waals surface area contributed by atoms with Crippen molar-refractivity contribution in [2.45, 2.75) is 32.7 Å². The molecule has 2 nitrogen and oxygen atoms in total. The Hall–Kier alpha value is -1.80. The molecule has 0 aliphatic heterocycles. The lowest BCUT2D eigenvalue weighted by atomic mass is 9.84. The molecule has 112 valence electrons. The highest BCUT2D eigenvalue weighted by molar-refractivity contribution is 5.41. The van der Waals surface area contributed by atoms with E-state index in [1.165, 1.54) is 16.7 Å². The van der Waals surface area contributed by atoms with E-state index < -0.39 is 0 Å². The summed E-state index contributed by atoms with van der Waals surface area (Å²) < 4.78 is 0. The lowest BCUT2D eigenvalue weighted by Gasteiger charge is -2.31. The van der Waals surface area contributed by atoms with Gasteiger partial charge in [-0.3, -0.25) is 0 Å². The summed E-state index contributed by atoms with van der Waals surface area (Å²) in [5.41, 5.74) is 10.7. The van der Waals surface area contributed by atoms with Crippen LogP contribution in [0.25, 0.3) is 0 Å². The van der Waals surface area contributed by atoms with Crippen molar-refractivity contribution in [1.82, 2.24) is 4.90 Å². The van der Waals surface area contributed by atoms with Gasteiger partial charge in [0, 0.05) is 24.2 Å². The number of likely N-dealkylation sites (N-methyl/N-ethyl adjacent to an activating group) is 1. The number of hydrogen-bond donors (Lipinski definition) is 1. The van der Waals surface area contributed by atoms with Crippen molar-refractivity contribution in [2.75, 3.05) is 19.3 Å². The smallest absolute Gasteiger partial charge is 0.0314 e. The number of hydrogen-bond acceptors (Lipinski definition) is 2. The summed E-state index contributed by atoms with van der Waals surface area (Å²) in [7, 11) is 2.18. The summed E-state index contributed by atoms with van der Waals surface area (Å²) in [5, 5.41) is 0. The van der Waals surface area contributed by atoms with Crippen LogP contribution in [0.4, 0.5) is 5.69 Å². The van der Waals surface area contributed by atoms with Gasteiger partial charge in [-0.15, -0.1) is 0 Å². The van der Waals surface area contributed by atoms with Crippen molar-refractivity contribution in [3.8, 4) is 0 Å². The monoisotopic (exact) mass is 282 g/mol. The molecule has 0 aliphatic rings. The molecule has 0 fully saturated rings. The Balaban J connectivity index is 2.03. The van der Waals surface area contributed by atoms with Crippen molar-refractivity contribution in [1.29, 1.82) is 0 Å². The zero-order valence-corrected chi connectivity index (χ0v) is 13.6. The molecular weight excluding hydrogens is 256 g/mol. The van der Waals surface area contributed by atoms with Crippen LogP contribution in [0.15, 0.2) is 48.5 Å². The Labute approximate surface area is 128 Å². The van der Waals surface area contributed by atoms with Gasteiger partial charge in [0.25, 0.3) is 0 Å². The predicted molar refractivity (Wildman–Crippen MR) is 91.4 cm³/mol. The van der Waals surface area contributed by atoms with E-state index in [2.05, 4.69) is 69.1 Å². The van der Waals surface area contributed by atoms with Crippen molar-refractivity contribution in [2.24, 2.45) is 0 Å². The second kappa shape index (κ2) is 6.31. The minimum Gasteiger partial charge on any atom is -0.399 e. The van der Waals surface area contributed by atoms with E-state index in [9.17, 15) is 0 Å². The quantitative estimate of drug-likeness (QED) is 0.840. The van der Waals surface area contributed by atoms with E-state index >= 15 is 0 Å². The Bertz CT molecular complexity index is 585. The third-order valence-electron chi connectivity index (χ3n) is 3.89. The van der Waals surface area contributed by atoms with E-state index in [1.54, 1.807) is 0 Å². The molecule has 2 aromatic rings. The van der Waals surface area contributed by atoms with Crippen molar-refractivity contribution >= 4 is 5.69 Å². The zero-order valence-electron chi connectivity index (χ0n) is 13.6. The van der Waals surface area contributed by atoms with Gasteiger partial charge in [-0.2, -0.15) is 0 Å². The fourth-order valence-corrected chi connectivity index (χ4v) is 2.88. The van der Waals surface area contributed by atoms with Crippen LogP contribution in [0.3, 0.4) is 0 Å². The minimum atomic E-state index is 0.103. The highest BCUT2D eigenvalue weighted by atomic mass is 15.1. The first-order chi connectivity index (χ1) is 9.87. The molecule has 0 aromatic heterocycles. The standard InChI is InChI=1S/C19H26N2/c1-15-6-5-7-16(12-15)13-21(4)14-19(2,3)17-8-10-18(20)11-9-17/h5-12H,13-14,20H2,1-4H3. The number of benzene rings is 2. The molecule has 0 atom stereocenters. The lowest BCUT2D eigenvalue weighted by molar-refractivity contribution is 0.261. The first kappa shape index (κ1) is 15.6. The molecule has 0 aliphatic carbocycles. The molecule has 0 saturated heterocycles. The van der Waals surface area contributed by atoms with E-state index in [-0.39, 0.29) is 5.41 Å². The molecule has 0 amide bonds. The van der Waals surface area contributed by atoms with Crippen LogP contribution in [0.2, 0.25) is 0 Å². The first-order valence-electron chi connectivity index (χ1n) is 7.47. The summed E-state index contributed by atoms with van der Waals surface area (Å²) >= 11 is 0. The Morgan fingerprint density at radius 2 is 1.71 bits per heavy atom. The molecule has 2 rings (SSSR count). The third kappa shape index (κ3) is 4.33. The highest BCUT2D eigenvalue weighted by Gasteiger charge is 2.22. The van der Waals surface area contributed by atoms with Gasteiger partial charge in [0.1, 0.15) is 0 Å². The van der Waals surface area contributed by atoms with Gasteiger partial charge >= 0.3 is 0 Å². The Kier molecular flexibility index (Phi) is 4.69. The first-order valence-corrected chi connectivity index (χ1v) is 7.47. The van der Waals surface area contributed by atoms with Crippen molar-refractivity contribution < 1.29 is 0 Å². The number of nitrogens with two attached hydrogens (primary N) is 1. The Morgan fingerprint density at radius 3 is 2.33 bits per heavy atom. The van der Waals surface area contributed by atoms with Gasteiger partial charge < -0.3 is 10.6 Å². The molecule has 0 bridgehead atoms. The van der Waals surface area contributed by atoms with Crippen LogP contribution < -0.4 is 5.73 Å². The van der Waals surface area contributed by atoms with Crippen molar-refractivity contribution in [3.05, 3.63) is 65.2 Å². The summed E-state index contributed by atoms with van der Waals surface area (Å²) in [6.07, 6.45) is 0. The zero-order chi connectivity index (χ0) is 15.5. The lowest BCUT2D eigenvalue weighted by Crippen LogP contribution is -2.34. The number of rotatable bonds is 5. The summed E-state index contributed by atoms with van der Waals surface area (Å²) in [5.74, 6) is 0. The maximum atomic E-state index is 5.78. The van der Waals surface area contributed by atoms with Crippen LogP contribution in [0, 0.1) is 6.92 Å². The normalized spacial score (nSPS) is 11.9. The van der Waals surface area contributed by atoms with Crippen LogP contribution >= 0.6 is 0 Å². The maximum absolute atomic E-state index is 5.78. The van der Waals surface area contributed by atoms with E-state index in [1.807, 2.05) is 12.1 Å². The summed E-state index contributed by atoms with van der Waals surface area (Å²) in [4.78, 5) is 2.38. The number of nitrogen functional groups attached to an aromatic ring is 1. The summed E-state index contributed by atoms with van der Waals surface area (Å²) in [6, 6.07) is 17.0. The van der Waals surface area contributed by atoms with E-state index in [4.69, 9.17) is 5.73 Å². The van der Waals surface area contributed by atoms with Gasteiger partial charge in [-0.25, -0.2) is 0 Å². The van der Waals surface area contributed by atoms with Crippen molar-refractivity contribution in [3.63, 3.8) is 0 Å². The largest absolute Gasteiger partial charge is 0.399 e. The van der Waals surface area contributed by atoms with Gasteiger partial charge in [-0.1, -0.05) is 55.8 Å². The fourth-order valence-electron chi connectivity index (χ4n) is 2.88. The third-order valence-corrected chi connectivity index (χ3v) is 3.89. The average Bonchev–Trinajstić information content (AvgIpc) is 2.38.